The maximum absolute atomic E-state index is 4.24. The van der Waals surface area contributed by atoms with E-state index < -0.39 is 0 Å². The van der Waals surface area contributed by atoms with Gasteiger partial charge in [-0.3, -0.25) is 0 Å². The number of aromatic nitrogens is 4. The molecule has 1 heterocycles. The molecule has 37 valence electrons. The van der Waals surface area contributed by atoms with Crippen LogP contribution in [-0.4, -0.2) is 20.4 Å². The second-order valence-corrected chi connectivity index (χ2v) is 0.818. The van der Waals surface area contributed by atoms with E-state index in [2.05, 4.69) is 27.4 Å². The lowest BCUT2D eigenvalue weighted by Gasteiger charge is -1.86. The number of rotatable bonds is 1. The molecule has 1 rings (SSSR count). The van der Waals surface area contributed by atoms with Crippen molar-refractivity contribution in [2.24, 2.45) is 0 Å². The van der Waals surface area contributed by atoms with Crippen LogP contribution in [0.25, 0.3) is 0 Å². The minimum Gasteiger partial charge on any atom is -0.376 e. The van der Waals surface area contributed by atoms with Crippen molar-refractivity contribution in [1.29, 1.82) is 0 Å². The molecule has 5 nitrogen and oxygen atoms in total. The molecule has 0 aliphatic carbocycles. The highest BCUT2D eigenvalue weighted by molar-refractivity contribution is 4.29. The van der Waals surface area contributed by atoms with Gasteiger partial charge in [-0.1, -0.05) is 0 Å². The van der Waals surface area contributed by atoms with Crippen molar-refractivity contribution in [2.75, 3.05) is 0 Å². The predicted molar refractivity (Wildman–Crippen MR) is 19.8 cm³/mol. The summed E-state index contributed by atoms with van der Waals surface area (Å²) in [6, 6.07) is 0. The van der Waals surface area contributed by atoms with Crippen LogP contribution in [-0.2, 0) is 0 Å². The van der Waals surface area contributed by atoms with Crippen LogP contribution in [0, 0.1) is 7.11 Å². The normalized spacial score (nSPS) is 8.71. The number of nitrogens with zero attached hydrogens (tertiary/aromatic N) is 4. The second-order valence-electron chi connectivity index (χ2n) is 0.818. The third-order valence-corrected chi connectivity index (χ3v) is 0.446. The molecular weight excluding hydrogens is 96.0 g/mol. The van der Waals surface area contributed by atoms with Crippen molar-refractivity contribution in [3.63, 3.8) is 0 Å². The quantitative estimate of drug-likeness (QED) is 0.448. The van der Waals surface area contributed by atoms with Crippen molar-refractivity contribution in [3.05, 3.63) is 13.4 Å². The summed E-state index contributed by atoms with van der Waals surface area (Å²) in [5.74, 6) is 0. The van der Waals surface area contributed by atoms with E-state index in [1.54, 1.807) is 0 Å². The minimum absolute atomic E-state index is 0.903. The van der Waals surface area contributed by atoms with Gasteiger partial charge in [-0.05, 0) is 5.21 Å². The number of hydrogen-bond acceptors (Lipinski definition) is 4. The lowest BCUT2D eigenvalue weighted by Crippen LogP contribution is -2.06. The zero-order valence-electron chi connectivity index (χ0n) is 3.48. The molecule has 0 aromatic carbocycles. The van der Waals surface area contributed by atoms with Gasteiger partial charge in [-0.2, -0.15) is 0 Å². The molecule has 0 saturated heterocycles. The maximum atomic E-state index is 4.24. The van der Waals surface area contributed by atoms with Gasteiger partial charge < -0.3 is 4.84 Å². The van der Waals surface area contributed by atoms with E-state index in [-0.39, 0.29) is 0 Å². The van der Waals surface area contributed by atoms with Gasteiger partial charge in [0.25, 0.3) is 0 Å². The van der Waals surface area contributed by atoms with Gasteiger partial charge in [-0.15, -0.1) is 10.2 Å². The SMILES string of the molecule is [CH2]On1ncnn1. The standard InChI is InChI=1S/C2H3N4O/c1-7-6-4-2-3-5-6/h2H,1H2. The fourth-order valence-corrected chi connectivity index (χ4v) is 0.217. The van der Waals surface area contributed by atoms with Crippen molar-refractivity contribution < 1.29 is 4.84 Å². The molecule has 0 N–H and O–H groups in total. The minimum atomic E-state index is 0.903. The molecule has 0 atom stereocenters. The third-order valence-electron chi connectivity index (χ3n) is 0.446. The predicted octanol–water partition coefficient (Wildman–Crippen LogP) is -1.11. The second kappa shape index (κ2) is 1.55. The molecule has 0 amide bonds. The van der Waals surface area contributed by atoms with Crippen LogP contribution in [0.15, 0.2) is 6.33 Å². The van der Waals surface area contributed by atoms with Crippen molar-refractivity contribution in [1.82, 2.24) is 20.4 Å². The number of hydrogen-bond donors (Lipinski definition) is 0. The van der Waals surface area contributed by atoms with E-state index in [0.29, 0.717) is 0 Å². The van der Waals surface area contributed by atoms with Crippen molar-refractivity contribution >= 4 is 0 Å². The Morgan fingerprint density at radius 1 is 1.71 bits per heavy atom. The Morgan fingerprint density at radius 2 is 2.57 bits per heavy atom. The summed E-state index contributed by atoms with van der Waals surface area (Å²) in [5, 5.41) is 10.1. The van der Waals surface area contributed by atoms with Crippen LogP contribution in [0.1, 0.15) is 0 Å². The first-order valence-electron chi connectivity index (χ1n) is 1.59. The van der Waals surface area contributed by atoms with Gasteiger partial charge in [0.1, 0.15) is 0 Å². The molecule has 1 aromatic rings. The van der Waals surface area contributed by atoms with Gasteiger partial charge in [0.05, 0.1) is 0 Å². The molecule has 0 fully saturated rings. The van der Waals surface area contributed by atoms with Crippen LogP contribution < -0.4 is 4.84 Å². The van der Waals surface area contributed by atoms with E-state index in [1.807, 2.05) is 0 Å². The fourth-order valence-electron chi connectivity index (χ4n) is 0.217. The first kappa shape index (κ1) is 4.04. The maximum Gasteiger partial charge on any atom is 0.165 e. The Kier molecular flexibility index (Phi) is 0.892. The topological polar surface area (TPSA) is 52.8 Å². The summed E-state index contributed by atoms with van der Waals surface area (Å²) in [7, 11) is 3.03. The van der Waals surface area contributed by atoms with Gasteiger partial charge >= 0.3 is 0 Å². The highest BCUT2D eigenvalue weighted by atomic mass is 16.7. The molecule has 0 spiro atoms. The molecular formula is C2H3N4O. The average Bonchev–Trinajstić information content (AvgIpc) is 2.14. The van der Waals surface area contributed by atoms with Crippen molar-refractivity contribution in [2.45, 2.75) is 0 Å². The van der Waals surface area contributed by atoms with E-state index >= 15 is 0 Å². The summed E-state index contributed by atoms with van der Waals surface area (Å²) in [6.45, 7) is 0. The average molecular weight is 99.1 g/mol. The summed E-state index contributed by atoms with van der Waals surface area (Å²) in [5.41, 5.74) is 0. The summed E-state index contributed by atoms with van der Waals surface area (Å²) >= 11 is 0. The largest absolute Gasteiger partial charge is 0.376 e. The van der Waals surface area contributed by atoms with Gasteiger partial charge in [0.2, 0.25) is 0 Å². The smallest absolute Gasteiger partial charge is 0.165 e. The van der Waals surface area contributed by atoms with Crippen LogP contribution in [0.2, 0.25) is 0 Å². The molecule has 0 aliphatic heterocycles. The molecule has 1 aromatic heterocycles. The molecule has 7 heavy (non-hydrogen) atoms. The molecule has 0 bridgehead atoms. The molecule has 0 unspecified atom stereocenters. The Balaban J connectivity index is 2.76. The lowest BCUT2D eigenvalue weighted by molar-refractivity contribution is 0.128. The van der Waals surface area contributed by atoms with E-state index in [4.69, 9.17) is 0 Å². The molecule has 1 radical (unpaired) electrons. The van der Waals surface area contributed by atoms with Crippen LogP contribution in [0.5, 0.6) is 0 Å². The molecule has 0 saturated carbocycles. The molecule has 5 heteroatoms. The number of tetrazole rings is 1. The van der Waals surface area contributed by atoms with Crippen LogP contribution >= 0.6 is 0 Å². The highest BCUT2D eigenvalue weighted by Gasteiger charge is 1.81. The van der Waals surface area contributed by atoms with E-state index in [1.165, 1.54) is 6.33 Å². The summed E-state index contributed by atoms with van der Waals surface area (Å²) in [6.07, 6.45) is 1.26. The fraction of sp³-hybridized carbons (Fsp3) is 0. The lowest BCUT2D eigenvalue weighted by atomic mass is 11.4. The van der Waals surface area contributed by atoms with Gasteiger partial charge in [-0.25, -0.2) is 0 Å². The summed E-state index contributed by atoms with van der Waals surface area (Å²) in [4.78, 5) is 5.14. The zero-order chi connectivity index (χ0) is 5.11. The molecule has 0 aliphatic rings. The Bertz CT molecular complexity index is 124. The summed E-state index contributed by atoms with van der Waals surface area (Å²) < 4.78 is 0. The first-order chi connectivity index (χ1) is 3.43. The zero-order valence-corrected chi connectivity index (χ0v) is 3.48. The Hall–Kier alpha value is -1.13. The Morgan fingerprint density at radius 3 is 2.86 bits per heavy atom. The van der Waals surface area contributed by atoms with Gasteiger partial charge in [0.15, 0.2) is 13.4 Å². The highest BCUT2D eigenvalue weighted by Crippen LogP contribution is 1.60. The van der Waals surface area contributed by atoms with E-state index in [9.17, 15) is 0 Å². The monoisotopic (exact) mass is 99.0 g/mol. The van der Waals surface area contributed by atoms with Crippen LogP contribution in [0.4, 0.5) is 0 Å². The Labute approximate surface area is 39.8 Å². The van der Waals surface area contributed by atoms with Crippen LogP contribution in [0.3, 0.4) is 0 Å². The van der Waals surface area contributed by atoms with Gasteiger partial charge in [0, 0.05) is 4.96 Å². The van der Waals surface area contributed by atoms with Crippen molar-refractivity contribution in [3.8, 4) is 0 Å². The third kappa shape index (κ3) is 0.648. The first-order valence-corrected chi connectivity index (χ1v) is 1.59. The van der Waals surface area contributed by atoms with E-state index in [0.717, 1.165) is 4.96 Å².